The van der Waals surface area contributed by atoms with Gasteiger partial charge in [0.05, 0.1) is 18.8 Å². The third kappa shape index (κ3) is 5.15. The minimum absolute atomic E-state index is 0.286. The molecule has 0 aliphatic heterocycles. The van der Waals surface area contributed by atoms with Gasteiger partial charge in [0.25, 0.3) is 5.91 Å². The minimum atomic E-state index is -0.292. The van der Waals surface area contributed by atoms with E-state index in [2.05, 4.69) is 15.5 Å². The maximum Gasteiger partial charge on any atom is 0.256 e. The molecule has 2 aromatic carbocycles. The van der Waals surface area contributed by atoms with Crippen molar-refractivity contribution in [2.75, 3.05) is 5.32 Å². The third-order valence-corrected chi connectivity index (χ3v) is 5.81. The molecule has 0 bridgehead atoms. The SMILES string of the molecule is Cc1cc(C)n(Cc2ccc(C(=O)Nc3nn(Cc4ccc(Cl)cc4Cl)cc3Cl)cc2)n1. The molecule has 1 amide bonds. The number of carbonyl (C=O) groups is 1. The highest BCUT2D eigenvalue weighted by Crippen LogP contribution is 2.24. The van der Waals surface area contributed by atoms with Gasteiger partial charge in [0.15, 0.2) is 5.82 Å². The second kappa shape index (κ2) is 9.36. The standard InChI is InChI=1S/C23H20Cl3N5O/c1-14-9-15(2)31(28-14)11-16-3-5-17(6-4-16)23(32)27-22-21(26)13-30(29-22)12-18-7-8-19(24)10-20(18)25/h3-10,13H,11-12H2,1-2H3,(H,27,29,32). The van der Waals surface area contributed by atoms with Crippen molar-refractivity contribution < 1.29 is 4.79 Å². The summed E-state index contributed by atoms with van der Waals surface area (Å²) < 4.78 is 3.55. The lowest BCUT2D eigenvalue weighted by atomic mass is 10.1. The van der Waals surface area contributed by atoms with Crippen LogP contribution in [0.4, 0.5) is 5.82 Å². The van der Waals surface area contributed by atoms with Crippen LogP contribution in [0.15, 0.2) is 54.7 Å². The minimum Gasteiger partial charge on any atom is -0.304 e. The molecule has 0 radical (unpaired) electrons. The van der Waals surface area contributed by atoms with E-state index in [1.807, 2.05) is 42.8 Å². The Hall–Kier alpha value is -2.80. The summed E-state index contributed by atoms with van der Waals surface area (Å²) in [6.45, 7) is 5.02. The van der Waals surface area contributed by atoms with E-state index in [4.69, 9.17) is 34.8 Å². The van der Waals surface area contributed by atoms with Gasteiger partial charge in [-0.3, -0.25) is 14.2 Å². The Morgan fingerprint density at radius 3 is 2.34 bits per heavy atom. The normalized spacial score (nSPS) is 11.0. The number of nitrogens with zero attached hydrogens (tertiary/aromatic N) is 4. The largest absolute Gasteiger partial charge is 0.304 e. The van der Waals surface area contributed by atoms with Crippen molar-refractivity contribution in [1.29, 1.82) is 0 Å². The van der Waals surface area contributed by atoms with E-state index in [0.717, 1.165) is 22.5 Å². The first kappa shape index (κ1) is 22.4. The van der Waals surface area contributed by atoms with Crippen molar-refractivity contribution >= 4 is 46.5 Å². The van der Waals surface area contributed by atoms with Gasteiger partial charge in [0.2, 0.25) is 0 Å². The maximum absolute atomic E-state index is 12.7. The molecule has 1 N–H and O–H groups in total. The number of hydrogen-bond donors (Lipinski definition) is 1. The number of benzene rings is 2. The molecular weight excluding hydrogens is 469 g/mol. The molecule has 0 fully saturated rings. The Balaban J connectivity index is 1.43. The summed E-state index contributed by atoms with van der Waals surface area (Å²) in [6.07, 6.45) is 1.64. The van der Waals surface area contributed by atoms with Gasteiger partial charge in [0, 0.05) is 27.5 Å². The topological polar surface area (TPSA) is 64.7 Å². The number of rotatable bonds is 6. The van der Waals surface area contributed by atoms with Crippen molar-refractivity contribution in [2.45, 2.75) is 26.9 Å². The van der Waals surface area contributed by atoms with Crippen LogP contribution in [-0.2, 0) is 13.1 Å². The van der Waals surface area contributed by atoms with Crippen LogP contribution in [-0.4, -0.2) is 25.5 Å². The predicted molar refractivity (Wildman–Crippen MR) is 128 cm³/mol. The average molecular weight is 489 g/mol. The second-order valence-electron chi connectivity index (χ2n) is 7.49. The summed E-state index contributed by atoms with van der Waals surface area (Å²) in [4.78, 5) is 12.7. The van der Waals surface area contributed by atoms with Gasteiger partial charge in [-0.15, -0.1) is 0 Å². The molecule has 2 aromatic heterocycles. The molecule has 32 heavy (non-hydrogen) atoms. The molecule has 0 spiro atoms. The van der Waals surface area contributed by atoms with Crippen molar-refractivity contribution in [3.63, 3.8) is 0 Å². The van der Waals surface area contributed by atoms with Crippen LogP contribution in [0.25, 0.3) is 0 Å². The monoisotopic (exact) mass is 487 g/mol. The summed E-state index contributed by atoms with van der Waals surface area (Å²) in [5.41, 5.74) is 4.47. The first-order valence-corrected chi connectivity index (χ1v) is 11.0. The average Bonchev–Trinajstić information content (AvgIpc) is 3.24. The van der Waals surface area contributed by atoms with Gasteiger partial charge in [0.1, 0.15) is 5.02 Å². The summed E-state index contributed by atoms with van der Waals surface area (Å²) in [5.74, 6) is -0.00666. The number of aromatic nitrogens is 4. The number of carbonyl (C=O) groups excluding carboxylic acids is 1. The van der Waals surface area contributed by atoms with E-state index in [-0.39, 0.29) is 11.7 Å². The maximum atomic E-state index is 12.7. The van der Waals surface area contributed by atoms with Crippen LogP contribution < -0.4 is 5.32 Å². The number of hydrogen-bond acceptors (Lipinski definition) is 3. The van der Waals surface area contributed by atoms with E-state index in [1.165, 1.54) is 0 Å². The zero-order valence-corrected chi connectivity index (χ0v) is 19.7. The molecule has 0 saturated carbocycles. The summed E-state index contributed by atoms with van der Waals surface area (Å²) in [6, 6.07) is 14.7. The quantitative estimate of drug-likeness (QED) is 0.362. The summed E-state index contributed by atoms with van der Waals surface area (Å²) in [7, 11) is 0. The van der Waals surface area contributed by atoms with Crippen LogP contribution in [0.1, 0.15) is 32.9 Å². The van der Waals surface area contributed by atoms with E-state index in [9.17, 15) is 4.79 Å². The molecule has 164 valence electrons. The number of aryl methyl sites for hydroxylation is 2. The second-order valence-corrected chi connectivity index (χ2v) is 8.75. The third-order valence-electron chi connectivity index (χ3n) is 4.95. The molecular formula is C23H20Cl3N5O. The molecule has 6 nitrogen and oxygen atoms in total. The number of nitrogens with one attached hydrogen (secondary N) is 1. The van der Waals surface area contributed by atoms with Crippen LogP contribution in [0.3, 0.4) is 0 Å². The van der Waals surface area contributed by atoms with Crippen molar-refractivity contribution in [3.8, 4) is 0 Å². The van der Waals surface area contributed by atoms with Gasteiger partial charge in [-0.1, -0.05) is 53.0 Å². The zero-order chi connectivity index (χ0) is 22.8. The lowest BCUT2D eigenvalue weighted by molar-refractivity contribution is 0.102. The molecule has 4 rings (SSSR count). The molecule has 4 aromatic rings. The van der Waals surface area contributed by atoms with Crippen molar-refractivity contribution in [1.82, 2.24) is 19.6 Å². The number of halogens is 3. The van der Waals surface area contributed by atoms with E-state index < -0.39 is 0 Å². The fourth-order valence-electron chi connectivity index (χ4n) is 3.34. The molecule has 0 aliphatic rings. The lowest BCUT2D eigenvalue weighted by Crippen LogP contribution is -2.13. The zero-order valence-electron chi connectivity index (χ0n) is 17.4. The van der Waals surface area contributed by atoms with E-state index in [1.54, 1.807) is 35.1 Å². The van der Waals surface area contributed by atoms with Crippen LogP contribution in [0.5, 0.6) is 0 Å². The molecule has 0 saturated heterocycles. The predicted octanol–water partition coefficient (Wildman–Crippen LogP) is 6.01. The molecule has 0 aliphatic carbocycles. The van der Waals surface area contributed by atoms with Gasteiger partial charge in [-0.05, 0) is 55.3 Å². The Morgan fingerprint density at radius 1 is 0.938 bits per heavy atom. The smallest absolute Gasteiger partial charge is 0.256 e. The summed E-state index contributed by atoms with van der Waals surface area (Å²) >= 11 is 18.5. The van der Waals surface area contributed by atoms with Crippen molar-refractivity contribution in [2.24, 2.45) is 0 Å². The van der Waals surface area contributed by atoms with Gasteiger partial charge < -0.3 is 5.32 Å². The van der Waals surface area contributed by atoms with Crippen LogP contribution in [0, 0.1) is 13.8 Å². The van der Waals surface area contributed by atoms with Crippen molar-refractivity contribution in [3.05, 3.63) is 97.9 Å². The first-order chi connectivity index (χ1) is 15.3. The van der Waals surface area contributed by atoms with Crippen LogP contribution >= 0.6 is 34.8 Å². The number of amides is 1. The summed E-state index contributed by atoms with van der Waals surface area (Å²) in [5, 5.41) is 13.0. The van der Waals surface area contributed by atoms with Gasteiger partial charge >= 0.3 is 0 Å². The highest BCUT2D eigenvalue weighted by molar-refractivity contribution is 6.35. The highest BCUT2D eigenvalue weighted by atomic mass is 35.5. The number of anilines is 1. The molecule has 0 atom stereocenters. The fraction of sp³-hybridized carbons (Fsp3) is 0.174. The van der Waals surface area contributed by atoms with Crippen LogP contribution in [0.2, 0.25) is 15.1 Å². The highest BCUT2D eigenvalue weighted by Gasteiger charge is 2.14. The lowest BCUT2D eigenvalue weighted by Gasteiger charge is -2.07. The Labute approximate surface area is 200 Å². The Bertz CT molecular complexity index is 1280. The van der Waals surface area contributed by atoms with Gasteiger partial charge in [-0.25, -0.2) is 0 Å². The fourth-order valence-corrected chi connectivity index (χ4v) is 4.00. The molecule has 2 heterocycles. The Kier molecular flexibility index (Phi) is 6.55. The molecule has 9 heteroatoms. The Morgan fingerprint density at radius 2 is 1.69 bits per heavy atom. The first-order valence-electron chi connectivity index (χ1n) is 9.87. The molecule has 0 unspecified atom stereocenters. The van der Waals surface area contributed by atoms with Gasteiger partial charge in [-0.2, -0.15) is 10.2 Å². The van der Waals surface area contributed by atoms with E-state index >= 15 is 0 Å². The van der Waals surface area contributed by atoms with E-state index in [0.29, 0.717) is 33.7 Å².